The Labute approximate surface area is 144 Å². The van der Waals surface area contributed by atoms with Gasteiger partial charge in [-0.2, -0.15) is 5.10 Å². The fraction of sp³-hybridized carbons (Fsp3) is 0.529. The van der Waals surface area contributed by atoms with Gasteiger partial charge in [0.2, 0.25) is 5.91 Å². The van der Waals surface area contributed by atoms with Crippen molar-refractivity contribution in [3.05, 3.63) is 49.5 Å². The summed E-state index contributed by atoms with van der Waals surface area (Å²) < 4.78 is 2.87. The summed E-state index contributed by atoms with van der Waals surface area (Å²) in [5, 5.41) is 6.99. The number of nitrogens with one attached hydrogen (secondary N) is 2. The van der Waals surface area contributed by atoms with Crippen molar-refractivity contribution in [1.82, 2.24) is 24.6 Å². The SMILES string of the molecule is Cc1cc(C)c(CNC(=O)Cn2nc3n(c2=O)CCCCC3)c(=O)[nH]1. The molecule has 0 saturated heterocycles. The molecule has 0 spiro atoms. The van der Waals surface area contributed by atoms with Crippen molar-refractivity contribution < 1.29 is 4.79 Å². The third-order valence-electron chi connectivity index (χ3n) is 4.53. The van der Waals surface area contributed by atoms with E-state index in [1.165, 1.54) is 4.68 Å². The third-order valence-corrected chi connectivity index (χ3v) is 4.53. The van der Waals surface area contributed by atoms with E-state index in [-0.39, 0.29) is 30.2 Å². The van der Waals surface area contributed by atoms with E-state index in [4.69, 9.17) is 0 Å². The molecular formula is C17H23N5O3. The summed E-state index contributed by atoms with van der Waals surface area (Å²) in [6.07, 6.45) is 3.83. The smallest absolute Gasteiger partial charge is 0.346 e. The predicted octanol–water partition coefficient (Wildman–Crippen LogP) is 0.393. The molecule has 3 rings (SSSR count). The molecule has 0 saturated carbocycles. The molecule has 8 nitrogen and oxygen atoms in total. The molecule has 2 N–H and O–H groups in total. The Kier molecular flexibility index (Phi) is 4.87. The fourth-order valence-electron chi connectivity index (χ4n) is 3.21. The zero-order chi connectivity index (χ0) is 18.0. The number of carbonyl (C=O) groups excluding carboxylic acids is 1. The highest BCUT2D eigenvalue weighted by Crippen LogP contribution is 2.10. The van der Waals surface area contributed by atoms with Gasteiger partial charge in [0.05, 0.1) is 0 Å². The van der Waals surface area contributed by atoms with Crippen LogP contribution in [-0.4, -0.2) is 25.2 Å². The molecule has 0 aromatic carbocycles. The summed E-state index contributed by atoms with van der Waals surface area (Å²) in [5.41, 5.74) is 1.68. The number of nitrogens with zero attached hydrogens (tertiary/aromatic N) is 3. The van der Waals surface area contributed by atoms with E-state index < -0.39 is 0 Å². The van der Waals surface area contributed by atoms with Gasteiger partial charge in [0, 0.05) is 30.8 Å². The Morgan fingerprint density at radius 3 is 2.84 bits per heavy atom. The molecule has 2 aromatic heterocycles. The van der Waals surface area contributed by atoms with E-state index in [1.807, 2.05) is 19.9 Å². The molecule has 0 aliphatic carbocycles. The maximum absolute atomic E-state index is 12.4. The molecule has 134 valence electrons. The number of H-pyrrole nitrogens is 1. The van der Waals surface area contributed by atoms with Gasteiger partial charge in [0.15, 0.2) is 0 Å². The van der Waals surface area contributed by atoms with Crippen LogP contribution in [0.5, 0.6) is 0 Å². The molecular weight excluding hydrogens is 322 g/mol. The first-order valence-electron chi connectivity index (χ1n) is 8.58. The number of hydrogen-bond donors (Lipinski definition) is 2. The molecule has 0 unspecified atom stereocenters. The van der Waals surface area contributed by atoms with Gasteiger partial charge < -0.3 is 10.3 Å². The second-order valence-electron chi connectivity index (χ2n) is 6.54. The average Bonchev–Trinajstić information content (AvgIpc) is 2.72. The van der Waals surface area contributed by atoms with Crippen LogP contribution in [-0.2, 0) is 30.8 Å². The van der Waals surface area contributed by atoms with Crippen LogP contribution in [0.25, 0.3) is 0 Å². The van der Waals surface area contributed by atoms with Crippen molar-refractivity contribution in [1.29, 1.82) is 0 Å². The van der Waals surface area contributed by atoms with E-state index in [1.54, 1.807) is 4.57 Å². The van der Waals surface area contributed by atoms with Crippen LogP contribution in [0.3, 0.4) is 0 Å². The minimum atomic E-state index is -0.338. The number of aryl methyl sites for hydroxylation is 3. The predicted molar refractivity (Wildman–Crippen MR) is 92.4 cm³/mol. The molecule has 0 bridgehead atoms. The zero-order valence-electron chi connectivity index (χ0n) is 14.6. The van der Waals surface area contributed by atoms with Gasteiger partial charge in [-0.15, -0.1) is 0 Å². The van der Waals surface area contributed by atoms with E-state index in [9.17, 15) is 14.4 Å². The van der Waals surface area contributed by atoms with E-state index in [0.29, 0.717) is 12.1 Å². The summed E-state index contributed by atoms with van der Waals surface area (Å²) in [6.45, 7) is 4.30. The van der Waals surface area contributed by atoms with Crippen molar-refractivity contribution in [2.24, 2.45) is 0 Å². The first kappa shape index (κ1) is 17.2. The van der Waals surface area contributed by atoms with Gasteiger partial charge in [0.1, 0.15) is 12.4 Å². The highest BCUT2D eigenvalue weighted by molar-refractivity contribution is 5.75. The minimum Gasteiger partial charge on any atom is -0.350 e. The van der Waals surface area contributed by atoms with Crippen molar-refractivity contribution in [2.45, 2.75) is 59.2 Å². The van der Waals surface area contributed by atoms with Crippen LogP contribution >= 0.6 is 0 Å². The summed E-state index contributed by atoms with van der Waals surface area (Å²) in [5.74, 6) is 0.413. The Bertz CT molecular complexity index is 906. The van der Waals surface area contributed by atoms with E-state index in [0.717, 1.165) is 42.8 Å². The number of amides is 1. The maximum atomic E-state index is 12.4. The Hall–Kier alpha value is -2.64. The number of fused-ring (bicyclic) bond motifs is 1. The van der Waals surface area contributed by atoms with Gasteiger partial charge >= 0.3 is 5.69 Å². The number of rotatable bonds is 4. The van der Waals surface area contributed by atoms with Crippen LogP contribution in [0.4, 0.5) is 0 Å². The van der Waals surface area contributed by atoms with Crippen LogP contribution in [0.15, 0.2) is 15.7 Å². The normalized spacial score (nSPS) is 14.0. The van der Waals surface area contributed by atoms with Crippen LogP contribution in [0.1, 0.15) is 41.9 Å². The number of hydrogen-bond acceptors (Lipinski definition) is 4. The van der Waals surface area contributed by atoms with Crippen molar-refractivity contribution in [2.75, 3.05) is 0 Å². The molecule has 1 aliphatic heterocycles. The lowest BCUT2D eigenvalue weighted by atomic mass is 10.1. The van der Waals surface area contributed by atoms with Crippen LogP contribution in [0, 0.1) is 13.8 Å². The Morgan fingerprint density at radius 1 is 1.28 bits per heavy atom. The molecule has 8 heteroatoms. The number of aromatic nitrogens is 4. The van der Waals surface area contributed by atoms with Gasteiger partial charge in [-0.3, -0.25) is 14.2 Å². The number of aromatic amines is 1. The number of pyridine rings is 1. The lowest BCUT2D eigenvalue weighted by Gasteiger charge is -2.08. The van der Waals surface area contributed by atoms with Crippen molar-refractivity contribution in [3.63, 3.8) is 0 Å². The van der Waals surface area contributed by atoms with Crippen molar-refractivity contribution in [3.8, 4) is 0 Å². The molecule has 0 radical (unpaired) electrons. The summed E-state index contributed by atoms with van der Waals surface area (Å²) in [4.78, 5) is 39.2. The standard InChI is InChI=1S/C17H23N5O3/c1-11-8-12(2)19-16(24)13(11)9-18-15(23)10-22-17(25)21-7-5-3-4-6-14(21)20-22/h8H,3-7,9-10H2,1-2H3,(H,18,23)(H,19,24). The van der Waals surface area contributed by atoms with Gasteiger partial charge in [-0.1, -0.05) is 6.42 Å². The minimum absolute atomic E-state index is 0.128. The lowest BCUT2D eigenvalue weighted by molar-refractivity contribution is -0.122. The largest absolute Gasteiger partial charge is 0.350 e. The molecule has 25 heavy (non-hydrogen) atoms. The summed E-state index contributed by atoms with van der Waals surface area (Å²) in [6, 6.07) is 1.86. The fourth-order valence-corrected chi connectivity index (χ4v) is 3.21. The monoisotopic (exact) mass is 345 g/mol. The van der Waals surface area contributed by atoms with E-state index in [2.05, 4.69) is 15.4 Å². The zero-order valence-corrected chi connectivity index (χ0v) is 14.6. The van der Waals surface area contributed by atoms with Crippen molar-refractivity contribution >= 4 is 5.91 Å². The van der Waals surface area contributed by atoms with Gasteiger partial charge in [-0.25, -0.2) is 9.48 Å². The molecule has 1 aliphatic rings. The molecule has 2 aromatic rings. The van der Waals surface area contributed by atoms with Crippen LogP contribution < -0.4 is 16.6 Å². The summed E-state index contributed by atoms with van der Waals surface area (Å²) >= 11 is 0. The highest BCUT2D eigenvalue weighted by Gasteiger charge is 2.17. The third kappa shape index (κ3) is 3.72. The topological polar surface area (TPSA) is 102 Å². The highest BCUT2D eigenvalue weighted by atomic mass is 16.2. The molecule has 1 amide bonds. The van der Waals surface area contributed by atoms with Gasteiger partial charge in [0.25, 0.3) is 5.56 Å². The maximum Gasteiger partial charge on any atom is 0.346 e. The molecule has 0 atom stereocenters. The summed E-state index contributed by atoms with van der Waals surface area (Å²) in [7, 11) is 0. The lowest BCUT2D eigenvalue weighted by Crippen LogP contribution is -2.34. The number of carbonyl (C=O) groups is 1. The quantitative estimate of drug-likeness (QED) is 0.837. The van der Waals surface area contributed by atoms with E-state index >= 15 is 0 Å². The van der Waals surface area contributed by atoms with Gasteiger partial charge in [-0.05, 0) is 38.3 Å². The molecule has 0 fully saturated rings. The Morgan fingerprint density at radius 2 is 2.08 bits per heavy atom. The first-order chi connectivity index (χ1) is 12.0. The first-order valence-corrected chi connectivity index (χ1v) is 8.58. The molecule has 3 heterocycles. The Balaban J connectivity index is 1.68. The second kappa shape index (κ2) is 7.08. The van der Waals surface area contributed by atoms with Crippen LogP contribution in [0.2, 0.25) is 0 Å². The average molecular weight is 345 g/mol. The second-order valence-corrected chi connectivity index (χ2v) is 6.54.